The first-order valence-corrected chi connectivity index (χ1v) is 8.25. The number of ether oxygens (including phenoxy) is 1. The molecule has 0 aliphatic carbocycles. The van der Waals surface area contributed by atoms with Gasteiger partial charge in [-0.15, -0.1) is 5.10 Å². The summed E-state index contributed by atoms with van der Waals surface area (Å²) in [6, 6.07) is 8.04. The highest BCUT2D eigenvalue weighted by Crippen LogP contribution is 2.18. The molecule has 1 fully saturated rings. The summed E-state index contributed by atoms with van der Waals surface area (Å²) in [6.07, 6.45) is 2.57. The van der Waals surface area contributed by atoms with Crippen molar-refractivity contribution < 1.29 is 4.74 Å². The molecule has 1 aliphatic heterocycles. The van der Waals surface area contributed by atoms with Gasteiger partial charge in [-0.3, -0.25) is 0 Å². The van der Waals surface area contributed by atoms with Crippen molar-refractivity contribution in [3.05, 3.63) is 36.0 Å². The van der Waals surface area contributed by atoms with E-state index in [-0.39, 0.29) is 0 Å². The molecule has 2 aromatic rings. The van der Waals surface area contributed by atoms with Gasteiger partial charge >= 0.3 is 0 Å². The van der Waals surface area contributed by atoms with Crippen LogP contribution in [0.1, 0.15) is 5.56 Å². The zero-order valence-electron chi connectivity index (χ0n) is 14.3. The maximum Gasteiger partial charge on any atom is 0.244 e. The Balaban J connectivity index is 1.57. The molecule has 0 bridgehead atoms. The zero-order chi connectivity index (χ0) is 16.8. The van der Waals surface area contributed by atoms with E-state index in [9.17, 15) is 0 Å². The van der Waals surface area contributed by atoms with Crippen LogP contribution in [0.4, 0.5) is 11.8 Å². The Labute approximate surface area is 142 Å². The van der Waals surface area contributed by atoms with E-state index in [1.165, 1.54) is 0 Å². The van der Waals surface area contributed by atoms with Gasteiger partial charge in [-0.05, 0) is 25.1 Å². The number of likely N-dealkylation sites (N-methyl/N-ethyl adjacent to an activating group) is 1. The van der Waals surface area contributed by atoms with Crippen LogP contribution in [-0.2, 0) is 6.42 Å². The molecule has 3 rings (SSSR count). The Morgan fingerprint density at radius 2 is 1.96 bits per heavy atom. The summed E-state index contributed by atoms with van der Waals surface area (Å²) >= 11 is 0. The fraction of sp³-hybridized carbons (Fsp3) is 0.471. The molecule has 0 radical (unpaired) electrons. The number of rotatable bonds is 6. The van der Waals surface area contributed by atoms with Gasteiger partial charge < -0.3 is 19.9 Å². The standard InChI is InChI=1S/C17H24N6O/c1-22-9-11-23(12-10-22)16-13-19-21-17(20-16)18-8-7-14-5-3-4-6-15(14)24-2/h3-6,13H,7-12H2,1-2H3,(H,18,20,21). The fourth-order valence-corrected chi connectivity index (χ4v) is 2.78. The second-order valence-corrected chi connectivity index (χ2v) is 5.92. The summed E-state index contributed by atoms with van der Waals surface area (Å²) in [7, 11) is 3.83. The number of methoxy groups -OCH3 is 1. The van der Waals surface area contributed by atoms with E-state index in [1.54, 1.807) is 13.3 Å². The van der Waals surface area contributed by atoms with E-state index in [0.717, 1.165) is 56.3 Å². The minimum absolute atomic E-state index is 0.571. The summed E-state index contributed by atoms with van der Waals surface area (Å²) in [4.78, 5) is 9.15. The van der Waals surface area contributed by atoms with Crippen LogP contribution in [0.2, 0.25) is 0 Å². The smallest absolute Gasteiger partial charge is 0.244 e. The molecular weight excluding hydrogens is 304 g/mol. The first-order chi connectivity index (χ1) is 11.8. The molecule has 7 nitrogen and oxygen atoms in total. The monoisotopic (exact) mass is 328 g/mol. The molecule has 1 aromatic heterocycles. The van der Waals surface area contributed by atoms with Crippen LogP contribution in [0.5, 0.6) is 5.75 Å². The summed E-state index contributed by atoms with van der Waals surface area (Å²) in [6.45, 7) is 4.75. The fourth-order valence-electron chi connectivity index (χ4n) is 2.78. The second kappa shape index (κ2) is 7.92. The van der Waals surface area contributed by atoms with Crippen LogP contribution in [-0.4, -0.2) is 67.0 Å². The van der Waals surface area contributed by atoms with Gasteiger partial charge in [-0.2, -0.15) is 10.1 Å². The number of hydrogen-bond donors (Lipinski definition) is 1. The summed E-state index contributed by atoms with van der Waals surface area (Å²) < 4.78 is 5.37. The van der Waals surface area contributed by atoms with Crippen molar-refractivity contribution in [1.29, 1.82) is 0 Å². The van der Waals surface area contributed by atoms with Crippen LogP contribution in [0, 0.1) is 0 Å². The third-order valence-corrected chi connectivity index (χ3v) is 4.24. The lowest BCUT2D eigenvalue weighted by Gasteiger charge is -2.32. The van der Waals surface area contributed by atoms with E-state index in [0.29, 0.717) is 5.95 Å². The molecule has 1 N–H and O–H groups in total. The number of piperazine rings is 1. The van der Waals surface area contributed by atoms with Crippen molar-refractivity contribution in [3.63, 3.8) is 0 Å². The number of benzene rings is 1. The highest BCUT2D eigenvalue weighted by Gasteiger charge is 2.16. The van der Waals surface area contributed by atoms with Gasteiger partial charge in [0.2, 0.25) is 5.95 Å². The van der Waals surface area contributed by atoms with Crippen molar-refractivity contribution >= 4 is 11.8 Å². The molecule has 128 valence electrons. The van der Waals surface area contributed by atoms with Crippen molar-refractivity contribution in [1.82, 2.24) is 20.1 Å². The molecule has 7 heteroatoms. The van der Waals surface area contributed by atoms with Gasteiger partial charge in [0.05, 0.1) is 13.3 Å². The lowest BCUT2D eigenvalue weighted by Crippen LogP contribution is -2.44. The molecule has 0 atom stereocenters. The summed E-state index contributed by atoms with van der Waals surface area (Å²) in [5.74, 6) is 2.36. The first kappa shape index (κ1) is 16.4. The van der Waals surface area contributed by atoms with E-state index >= 15 is 0 Å². The van der Waals surface area contributed by atoms with Crippen LogP contribution in [0.25, 0.3) is 0 Å². The molecule has 1 saturated heterocycles. The third-order valence-electron chi connectivity index (χ3n) is 4.24. The normalized spacial score (nSPS) is 15.3. The topological polar surface area (TPSA) is 66.4 Å². The average molecular weight is 328 g/mol. The van der Waals surface area contributed by atoms with Crippen LogP contribution >= 0.6 is 0 Å². The Morgan fingerprint density at radius 3 is 2.75 bits per heavy atom. The molecule has 0 saturated carbocycles. The quantitative estimate of drug-likeness (QED) is 0.857. The molecule has 0 amide bonds. The Morgan fingerprint density at radius 1 is 1.17 bits per heavy atom. The minimum Gasteiger partial charge on any atom is -0.496 e. The molecular formula is C17H24N6O. The van der Waals surface area contributed by atoms with E-state index < -0.39 is 0 Å². The predicted molar refractivity (Wildman–Crippen MR) is 94.7 cm³/mol. The van der Waals surface area contributed by atoms with Crippen LogP contribution < -0.4 is 15.0 Å². The molecule has 24 heavy (non-hydrogen) atoms. The Hall–Kier alpha value is -2.41. The van der Waals surface area contributed by atoms with Gasteiger partial charge in [0.1, 0.15) is 5.75 Å². The van der Waals surface area contributed by atoms with E-state index in [4.69, 9.17) is 4.74 Å². The van der Waals surface area contributed by atoms with Gasteiger partial charge in [0.25, 0.3) is 0 Å². The first-order valence-electron chi connectivity index (χ1n) is 8.25. The van der Waals surface area contributed by atoms with Crippen molar-refractivity contribution in [2.45, 2.75) is 6.42 Å². The average Bonchev–Trinajstić information content (AvgIpc) is 2.63. The molecule has 0 spiro atoms. The van der Waals surface area contributed by atoms with E-state index in [2.05, 4.69) is 43.4 Å². The van der Waals surface area contributed by atoms with Crippen molar-refractivity contribution in [3.8, 4) is 5.75 Å². The van der Waals surface area contributed by atoms with Gasteiger partial charge in [-0.1, -0.05) is 18.2 Å². The second-order valence-electron chi connectivity index (χ2n) is 5.92. The number of anilines is 2. The largest absolute Gasteiger partial charge is 0.496 e. The molecule has 1 aliphatic rings. The number of nitrogens with zero attached hydrogens (tertiary/aromatic N) is 5. The lowest BCUT2D eigenvalue weighted by molar-refractivity contribution is 0.312. The highest BCUT2D eigenvalue weighted by atomic mass is 16.5. The Bertz CT molecular complexity index is 657. The third kappa shape index (κ3) is 4.11. The molecule has 0 unspecified atom stereocenters. The van der Waals surface area contributed by atoms with Gasteiger partial charge in [0.15, 0.2) is 5.82 Å². The number of nitrogens with one attached hydrogen (secondary N) is 1. The molecule has 1 aromatic carbocycles. The maximum absolute atomic E-state index is 5.37. The zero-order valence-corrected chi connectivity index (χ0v) is 14.3. The van der Waals surface area contributed by atoms with E-state index in [1.807, 2.05) is 18.2 Å². The Kier molecular flexibility index (Phi) is 5.43. The van der Waals surface area contributed by atoms with Crippen LogP contribution in [0.3, 0.4) is 0 Å². The van der Waals surface area contributed by atoms with Crippen LogP contribution in [0.15, 0.2) is 30.5 Å². The van der Waals surface area contributed by atoms with Gasteiger partial charge in [-0.25, -0.2) is 0 Å². The van der Waals surface area contributed by atoms with Gasteiger partial charge in [0, 0.05) is 32.7 Å². The lowest BCUT2D eigenvalue weighted by atomic mass is 10.1. The summed E-state index contributed by atoms with van der Waals surface area (Å²) in [5, 5.41) is 11.4. The van der Waals surface area contributed by atoms with Crippen molar-refractivity contribution in [2.24, 2.45) is 0 Å². The number of hydrogen-bond acceptors (Lipinski definition) is 7. The molecule has 2 heterocycles. The number of para-hydroxylation sites is 1. The SMILES string of the molecule is COc1ccccc1CCNc1nncc(N2CCN(C)CC2)n1. The summed E-state index contributed by atoms with van der Waals surface area (Å²) in [5.41, 5.74) is 1.16. The predicted octanol–water partition coefficient (Wildman–Crippen LogP) is 1.29. The number of aromatic nitrogens is 3. The van der Waals surface area contributed by atoms with Crippen molar-refractivity contribution in [2.75, 3.05) is 57.1 Å². The minimum atomic E-state index is 0.571. The maximum atomic E-state index is 5.37. The highest BCUT2D eigenvalue weighted by molar-refractivity contribution is 5.41.